The van der Waals surface area contributed by atoms with Gasteiger partial charge in [0.15, 0.2) is 6.61 Å². The lowest BCUT2D eigenvalue weighted by Gasteiger charge is -2.14. The Kier molecular flexibility index (Phi) is 6.47. The molecule has 0 amide bonds. The van der Waals surface area contributed by atoms with Crippen LogP contribution < -0.4 is 5.43 Å². The summed E-state index contributed by atoms with van der Waals surface area (Å²) < 4.78 is 14.8. The Hall–Kier alpha value is -3.26. The number of ketones is 1. The van der Waals surface area contributed by atoms with Crippen LogP contribution in [0.2, 0.25) is 0 Å². The zero-order valence-corrected chi connectivity index (χ0v) is 19.5. The van der Waals surface area contributed by atoms with E-state index in [1.807, 2.05) is 33.8 Å². The summed E-state index contributed by atoms with van der Waals surface area (Å²) in [6, 6.07) is 5.21. The summed E-state index contributed by atoms with van der Waals surface area (Å²) in [4.78, 5) is 42.9. The molecule has 33 heavy (non-hydrogen) atoms. The Morgan fingerprint density at radius 1 is 1.21 bits per heavy atom. The minimum absolute atomic E-state index is 0.105. The lowest BCUT2D eigenvalue weighted by Crippen LogP contribution is -2.23. The largest absolute Gasteiger partial charge is 0.454 e. The van der Waals surface area contributed by atoms with Gasteiger partial charge in [-0.05, 0) is 58.7 Å². The molecule has 0 aliphatic carbocycles. The number of hydrogen-bond donors (Lipinski definition) is 0. The fourth-order valence-electron chi connectivity index (χ4n) is 4.39. The number of carbonyl (C=O) groups excluding carboxylic acids is 2. The van der Waals surface area contributed by atoms with Crippen LogP contribution in [0.3, 0.4) is 0 Å². The zero-order chi connectivity index (χ0) is 23.7. The molecule has 0 radical (unpaired) electrons. The van der Waals surface area contributed by atoms with Crippen molar-refractivity contribution >= 4 is 22.8 Å². The molecule has 0 bridgehead atoms. The SMILES string of the molecule is CCn1cc(C(=O)OCC(=O)c2cc(C)n(C[C@@H]3CCCO3)c2C)c(=O)c2ccc(C)nc21. The molecule has 0 saturated carbocycles. The van der Waals surface area contributed by atoms with Gasteiger partial charge in [-0.3, -0.25) is 9.59 Å². The van der Waals surface area contributed by atoms with Crippen LogP contribution in [-0.4, -0.2) is 45.2 Å². The standard InChI is InChI=1S/C25H29N3O5/c1-5-27-13-21(23(30)19-9-8-15(2)26-24(19)27)25(31)33-14-22(29)20-11-16(3)28(17(20)4)12-18-7-6-10-32-18/h8-9,11,13,18H,5-7,10,12,14H2,1-4H3/t18-/m0/s1. The van der Waals surface area contributed by atoms with E-state index in [4.69, 9.17) is 9.47 Å². The third-order valence-electron chi connectivity index (χ3n) is 6.24. The molecule has 1 atom stereocenters. The number of ether oxygens (including phenoxy) is 2. The summed E-state index contributed by atoms with van der Waals surface area (Å²) in [5, 5.41) is 0.348. The summed E-state index contributed by atoms with van der Waals surface area (Å²) in [5.41, 5.74) is 3.05. The summed E-state index contributed by atoms with van der Waals surface area (Å²) in [7, 11) is 0. The van der Waals surface area contributed by atoms with Crippen molar-refractivity contribution in [2.24, 2.45) is 0 Å². The van der Waals surface area contributed by atoms with E-state index < -0.39 is 18.0 Å². The lowest BCUT2D eigenvalue weighted by atomic mass is 10.1. The Labute approximate surface area is 192 Å². The van der Waals surface area contributed by atoms with Gasteiger partial charge in [0.05, 0.1) is 11.5 Å². The maximum atomic E-state index is 12.9. The molecule has 3 aromatic rings. The van der Waals surface area contributed by atoms with Gasteiger partial charge in [-0.25, -0.2) is 9.78 Å². The van der Waals surface area contributed by atoms with Crippen molar-refractivity contribution in [1.82, 2.24) is 14.1 Å². The highest BCUT2D eigenvalue weighted by molar-refractivity contribution is 6.01. The first-order valence-corrected chi connectivity index (χ1v) is 11.3. The summed E-state index contributed by atoms with van der Waals surface area (Å²) >= 11 is 0. The summed E-state index contributed by atoms with van der Waals surface area (Å²) in [5.74, 6) is -1.12. The first-order chi connectivity index (χ1) is 15.8. The number of rotatable bonds is 7. The molecule has 0 aromatic carbocycles. The van der Waals surface area contributed by atoms with Crippen molar-refractivity contribution in [3.8, 4) is 0 Å². The van der Waals surface area contributed by atoms with Gasteiger partial charge in [-0.1, -0.05) is 0 Å². The molecule has 3 aromatic heterocycles. The Bertz CT molecular complexity index is 1280. The lowest BCUT2D eigenvalue weighted by molar-refractivity contribution is 0.0472. The number of fused-ring (bicyclic) bond motifs is 1. The molecule has 0 unspecified atom stereocenters. The van der Waals surface area contributed by atoms with Crippen LogP contribution in [0.4, 0.5) is 0 Å². The molecule has 1 saturated heterocycles. The fourth-order valence-corrected chi connectivity index (χ4v) is 4.39. The van der Waals surface area contributed by atoms with E-state index >= 15 is 0 Å². The van der Waals surface area contributed by atoms with Crippen molar-refractivity contribution in [3.05, 3.63) is 62.8 Å². The van der Waals surface area contributed by atoms with Gasteiger partial charge in [0.1, 0.15) is 11.2 Å². The van der Waals surface area contributed by atoms with Crippen molar-refractivity contribution in [3.63, 3.8) is 0 Å². The van der Waals surface area contributed by atoms with E-state index in [9.17, 15) is 14.4 Å². The number of aryl methyl sites for hydroxylation is 3. The number of esters is 1. The summed E-state index contributed by atoms with van der Waals surface area (Å²) in [6.07, 6.45) is 3.67. The van der Waals surface area contributed by atoms with Crippen molar-refractivity contribution < 1.29 is 19.1 Å². The smallest absolute Gasteiger partial charge is 0.344 e. The quantitative estimate of drug-likeness (QED) is 0.404. The molecule has 0 N–H and O–H groups in total. The minimum Gasteiger partial charge on any atom is -0.454 e. The second-order valence-electron chi connectivity index (χ2n) is 8.51. The normalized spacial score (nSPS) is 15.8. The van der Waals surface area contributed by atoms with Gasteiger partial charge in [0, 0.05) is 48.5 Å². The van der Waals surface area contributed by atoms with Gasteiger partial charge in [-0.2, -0.15) is 0 Å². The average Bonchev–Trinajstić information content (AvgIpc) is 3.41. The highest BCUT2D eigenvalue weighted by atomic mass is 16.5. The number of Topliss-reactive ketones (excluding diaryl/α,β-unsaturated/α-hetero) is 1. The molecule has 174 valence electrons. The topological polar surface area (TPSA) is 92.4 Å². The predicted molar refractivity (Wildman–Crippen MR) is 124 cm³/mol. The van der Waals surface area contributed by atoms with Crippen LogP contribution in [0.5, 0.6) is 0 Å². The molecular formula is C25H29N3O5. The number of pyridine rings is 2. The van der Waals surface area contributed by atoms with E-state index in [0.29, 0.717) is 29.7 Å². The van der Waals surface area contributed by atoms with Crippen LogP contribution in [0.25, 0.3) is 11.0 Å². The molecule has 4 heterocycles. The van der Waals surface area contributed by atoms with Crippen LogP contribution in [0.1, 0.15) is 57.6 Å². The zero-order valence-electron chi connectivity index (χ0n) is 19.5. The molecule has 4 rings (SSSR count). The number of hydrogen-bond acceptors (Lipinski definition) is 6. The molecule has 1 aliphatic rings. The average molecular weight is 452 g/mol. The first kappa shape index (κ1) is 22.9. The Morgan fingerprint density at radius 3 is 2.70 bits per heavy atom. The predicted octanol–water partition coefficient (Wildman–Crippen LogP) is 3.36. The maximum Gasteiger partial charge on any atom is 0.344 e. The van der Waals surface area contributed by atoms with E-state index in [0.717, 1.165) is 36.5 Å². The third-order valence-corrected chi connectivity index (χ3v) is 6.24. The van der Waals surface area contributed by atoms with E-state index in [-0.39, 0.29) is 17.5 Å². The van der Waals surface area contributed by atoms with Crippen molar-refractivity contribution in [1.29, 1.82) is 0 Å². The third kappa shape index (κ3) is 4.48. The Morgan fingerprint density at radius 2 is 2.00 bits per heavy atom. The number of nitrogens with zero attached hydrogens (tertiary/aromatic N) is 3. The van der Waals surface area contributed by atoms with Gasteiger partial charge in [0.25, 0.3) is 0 Å². The van der Waals surface area contributed by atoms with Crippen LogP contribution in [0.15, 0.2) is 29.2 Å². The molecule has 0 spiro atoms. The van der Waals surface area contributed by atoms with E-state index in [2.05, 4.69) is 9.55 Å². The maximum absolute atomic E-state index is 12.9. The summed E-state index contributed by atoms with van der Waals surface area (Å²) in [6.45, 7) is 9.15. The van der Waals surface area contributed by atoms with E-state index in [1.165, 1.54) is 6.20 Å². The van der Waals surface area contributed by atoms with E-state index in [1.54, 1.807) is 16.7 Å². The van der Waals surface area contributed by atoms with Gasteiger partial charge < -0.3 is 18.6 Å². The highest BCUT2D eigenvalue weighted by Gasteiger charge is 2.23. The van der Waals surface area contributed by atoms with Crippen LogP contribution in [-0.2, 0) is 22.6 Å². The second-order valence-corrected chi connectivity index (χ2v) is 8.51. The molecule has 8 heteroatoms. The Balaban J connectivity index is 1.52. The van der Waals surface area contributed by atoms with Gasteiger partial charge in [0.2, 0.25) is 11.2 Å². The molecule has 1 fully saturated rings. The first-order valence-electron chi connectivity index (χ1n) is 11.3. The van der Waals surface area contributed by atoms with Crippen molar-refractivity contribution in [2.75, 3.05) is 13.2 Å². The second kappa shape index (κ2) is 9.31. The minimum atomic E-state index is -0.814. The van der Waals surface area contributed by atoms with Crippen LogP contribution in [0, 0.1) is 20.8 Å². The number of aromatic nitrogens is 3. The molecule has 8 nitrogen and oxygen atoms in total. The highest BCUT2D eigenvalue weighted by Crippen LogP contribution is 2.21. The van der Waals surface area contributed by atoms with Crippen LogP contribution >= 0.6 is 0 Å². The van der Waals surface area contributed by atoms with Gasteiger partial charge >= 0.3 is 5.97 Å². The number of carbonyl (C=O) groups is 2. The fraction of sp³-hybridized carbons (Fsp3) is 0.440. The molecular weight excluding hydrogens is 422 g/mol. The monoisotopic (exact) mass is 451 g/mol. The van der Waals surface area contributed by atoms with Crippen molar-refractivity contribution in [2.45, 2.75) is 59.7 Å². The van der Waals surface area contributed by atoms with Gasteiger partial charge in [-0.15, -0.1) is 0 Å². The molecule has 1 aliphatic heterocycles.